The number of fused-ring (bicyclic) bond motifs is 1. The first-order valence-electron chi connectivity index (χ1n) is 7.70. The van der Waals surface area contributed by atoms with Crippen molar-refractivity contribution < 1.29 is 0 Å². The molecule has 0 atom stereocenters. The van der Waals surface area contributed by atoms with Crippen molar-refractivity contribution in [1.82, 2.24) is 19.9 Å². The van der Waals surface area contributed by atoms with Crippen molar-refractivity contribution in [2.75, 3.05) is 36.0 Å². The molecule has 6 nitrogen and oxygen atoms in total. The molecular weight excluding hydrogens is 308 g/mol. The van der Waals surface area contributed by atoms with Gasteiger partial charge in [-0.3, -0.25) is 4.98 Å². The summed E-state index contributed by atoms with van der Waals surface area (Å²) in [7, 11) is 0. The van der Waals surface area contributed by atoms with E-state index in [4.69, 9.17) is 0 Å². The van der Waals surface area contributed by atoms with Gasteiger partial charge in [-0.05, 0) is 24.8 Å². The van der Waals surface area contributed by atoms with Gasteiger partial charge in [-0.1, -0.05) is 0 Å². The Balaban J connectivity index is 1.58. The van der Waals surface area contributed by atoms with Crippen molar-refractivity contribution in [3.63, 3.8) is 0 Å². The van der Waals surface area contributed by atoms with Crippen molar-refractivity contribution in [1.29, 1.82) is 0 Å². The van der Waals surface area contributed by atoms with Gasteiger partial charge in [-0.15, -0.1) is 11.3 Å². The van der Waals surface area contributed by atoms with Crippen LogP contribution < -0.4 is 9.80 Å². The van der Waals surface area contributed by atoms with Crippen molar-refractivity contribution in [2.24, 2.45) is 0 Å². The van der Waals surface area contributed by atoms with E-state index in [0.717, 1.165) is 48.3 Å². The summed E-state index contributed by atoms with van der Waals surface area (Å²) in [6.07, 6.45) is 5.18. The Labute approximate surface area is 138 Å². The zero-order valence-corrected chi connectivity index (χ0v) is 14.0. The van der Waals surface area contributed by atoms with Gasteiger partial charge in [0.2, 0.25) is 0 Å². The Morgan fingerprint density at radius 1 is 0.870 bits per heavy atom. The van der Waals surface area contributed by atoms with Crippen molar-refractivity contribution >= 4 is 33.2 Å². The summed E-state index contributed by atoms with van der Waals surface area (Å²) in [6, 6.07) is 0. The highest BCUT2D eigenvalue weighted by atomic mass is 32.1. The minimum Gasteiger partial charge on any atom is -0.352 e. The second-order valence-corrected chi connectivity index (χ2v) is 6.59. The van der Waals surface area contributed by atoms with E-state index in [9.17, 15) is 0 Å². The van der Waals surface area contributed by atoms with Crippen molar-refractivity contribution in [3.05, 3.63) is 35.4 Å². The smallest absolute Gasteiger partial charge is 0.150 e. The summed E-state index contributed by atoms with van der Waals surface area (Å²) >= 11 is 1.69. The number of anilines is 2. The molecule has 4 heterocycles. The predicted molar refractivity (Wildman–Crippen MR) is 93.3 cm³/mol. The molecule has 4 rings (SSSR count). The van der Waals surface area contributed by atoms with Crippen molar-refractivity contribution in [2.45, 2.75) is 13.8 Å². The van der Waals surface area contributed by atoms with Gasteiger partial charge in [0.1, 0.15) is 22.8 Å². The molecule has 0 amide bonds. The third-order valence-electron chi connectivity index (χ3n) is 4.27. The molecule has 3 aromatic rings. The Bertz CT molecular complexity index is 837. The molecule has 0 saturated carbocycles. The average molecular weight is 326 g/mol. The fourth-order valence-electron chi connectivity index (χ4n) is 3.08. The van der Waals surface area contributed by atoms with Crippen LogP contribution in [0.5, 0.6) is 0 Å². The Morgan fingerprint density at radius 2 is 1.57 bits per heavy atom. The number of aromatic nitrogens is 4. The predicted octanol–water partition coefficient (Wildman–Crippen LogP) is 2.42. The van der Waals surface area contributed by atoms with E-state index in [0.29, 0.717) is 0 Å². The minimum absolute atomic E-state index is 0.925. The molecule has 0 unspecified atom stereocenters. The number of rotatable bonds is 2. The summed E-state index contributed by atoms with van der Waals surface area (Å²) in [5.41, 5.74) is 2.24. The van der Waals surface area contributed by atoms with Crippen LogP contribution in [0.15, 0.2) is 24.1 Å². The number of aryl methyl sites for hydroxylation is 2. The van der Waals surface area contributed by atoms with E-state index in [1.54, 1.807) is 30.1 Å². The lowest BCUT2D eigenvalue weighted by atomic mass is 10.2. The molecule has 0 aromatic carbocycles. The number of hydrogen-bond donors (Lipinski definition) is 0. The number of hydrogen-bond acceptors (Lipinski definition) is 7. The van der Waals surface area contributed by atoms with Gasteiger partial charge in [0.15, 0.2) is 0 Å². The first kappa shape index (κ1) is 14.3. The van der Waals surface area contributed by atoms with Crippen LogP contribution in [0.25, 0.3) is 10.2 Å². The normalized spacial score (nSPS) is 15.4. The quantitative estimate of drug-likeness (QED) is 0.721. The van der Waals surface area contributed by atoms with E-state index in [1.807, 2.05) is 6.92 Å². The Kier molecular flexibility index (Phi) is 3.57. The molecule has 7 heteroatoms. The highest BCUT2D eigenvalue weighted by Crippen LogP contribution is 2.31. The van der Waals surface area contributed by atoms with Crippen LogP contribution in [0.1, 0.15) is 11.3 Å². The minimum atomic E-state index is 0.925. The molecule has 0 bridgehead atoms. The highest BCUT2D eigenvalue weighted by molar-refractivity contribution is 7.17. The second-order valence-electron chi connectivity index (χ2n) is 5.74. The van der Waals surface area contributed by atoms with E-state index >= 15 is 0 Å². The van der Waals surface area contributed by atoms with Gasteiger partial charge < -0.3 is 9.80 Å². The zero-order chi connectivity index (χ0) is 15.8. The topological polar surface area (TPSA) is 58.0 Å². The molecule has 1 aliphatic heterocycles. The summed E-state index contributed by atoms with van der Waals surface area (Å²) in [5, 5.41) is 3.35. The lowest BCUT2D eigenvalue weighted by Gasteiger charge is -2.36. The Hall–Kier alpha value is -2.28. The van der Waals surface area contributed by atoms with Crippen molar-refractivity contribution in [3.8, 4) is 0 Å². The standard InChI is InChI=1S/C16H18N6S/c1-11-9-23-16-13(11)15(19-10-20-16)22-7-5-21(6-8-22)14-12(2)17-3-4-18-14/h3-4,9-10H,5-8H2,1-2H3. The summed E-state index contributed by atoms with van der Waals surface area (Å²) in [6.45, 7) is 7.85. The van der Waals surface area contributed by atoms with E-state index in [-0.39, 0.29) is 0 Å². The molecule has 1 saturated heterocycles. The molecule has 118 valence electrons. The second kappa shape index (κ2) is 5.73. The monoisotopic (exact) mass is 326 g/mol. The van der Waals surface area contributed by atoms with Gasteiger partial charge in [0, 0.05) is 38.6 Å². The van der Waals surface area contributed by atoms with Crippen LogP contribution in [0, 0.1) is 13.8 Å². The molecule has 0 radical (unpaired) electrons. The number of piperazine rings is 1. The van der Waals surface area contributed by atoms with Crippen LogP contribution in [-0.2, 0) is 0 Å². The van der Waals surface area contributed by atoms with Crippen LogP contribution in [0.2, 0.25) is 0 Å². The molecule has 23 heavy (non-hydrogen) atoms. The fraction of sp³-hybridized carbons (Fsp3) is 0.375. The molecule has 0 aliphatic carbocycles. The molecule has 0 spiro atoms. The zero-order valence-electron chi connectivity index (χ0n) is 13.2. The van der Waals surface area contributed by atoms with E-state index < -0.39 is 0 Å². The van der Waals surface area contributed by atoms with Gasteiger partial charge >= 0.3 is 0 Å². The average Bonchev–Trinajstić information content (AvgIpc) is 2.97. The lowest BCUT2D eigenvalue weighted by Crippen LogP contribution is -2.47. The molecule has 1 aliphatic rings. The largest absolute Gasteiger partial charge is 0.352 e. The van der Waals surface area contributed by atoms with Crippen LogP contribution in [0.4, 0.5) is 11.6 Å². The fourth-order valence-corrected chi connectivity index (χ4v) is 3.96. The summed E-state index contributed by atoms with van der Waals surface area (Å²) in [4.78, 5) is 23.5. The van der Waals surface area contributed by atoms with Gasteiger partial charge in [-0.25, -0.2) is 15.0 Å². The maximum absolute atomic E-state index is 4.55. The van der Waals surface area contributed by atoms with Gasteiger partial charge in [0.25, 0.3) is 0 Å². The van der Waals surface area contributed by atoms with Crippen LogP contribution >= 0.6 is 11.3 Å². The maximum Gasteiger partial charge on any atom is 0.150 e. The van der Waals surface area contributed by atoms with Gasteiger partial charge in [-0.2, -0.15) is 0 Å². The highest BCUT2D eigenvalue weighted by Gasteiger charge is 2.22. The molecule has 0 N–H and O–H groups in total. The number of nitrogens with zero attached hydrogens (tertiary/aromatic N) is 6. The van der Waals surface area contributed by atoms with E-state index in [1.165, 1.54) is 10.9 Å². The first-order chi connectivity index (χ1) is 11.2. The third kappa shape index (κ3) is 2.50. The lowest BCUT2D eigenvalue weighted by molar-refractivity contribution is 0.640. The summed E-state index contributed by atoms with van der Waals surface area (Å²) in [5.74, 6) is 2.05. The van der Waals surface area contributed by atoms with Crippen LogP contribution in [-0.4, -0.2) is 46.1 Å². The summed E-state index contributed by atoms with van der Waals surface area (Å²) < 4.78 is 0. The first-order valence-corrected chi connectivity index (χ1v) is 8.58. The Morgan fingerprint density at radius 3 is 2.30 bits per heavy atom. The number of thiophene rings is 1. The van der Waals surface area contributed by atoms with Gasteiger partial charge in [0.05, 0.1) is 11.1 Å². The molecule has 1 fully saturated rings. The maximum atomic E-state index is 4.55. The van der Waals surface area contributed by atoms with Crippen LogP contribution in [0.3, 0.4) is 0 Å². The molecule has 3 aromatic heterocycles. The van der Waals surface area contributed by atoms with E-state index in [2.05, 4.69) is 42.0 Å². The molecular formula is C16H18N6S. The SMILES string of the molecule is Cc1nccnc1N1CCN(c2ncnc3scc(C)c23)CC1. The third-order valence-corrected chi connectivity index (χ3v) is 5.27.